The van der Waals surface area contributed by atoms with E-state index in [1.165, 1.54) is 11.3 Å². The molecular formula is C14H23N5O2S. The second kappa shape index (κ2) is 8.67. The second-order valence-corrected chi connectivity index (χ2v) is 6.29. The largest absolute Gasteiger partial charge is 0.338 e. The molecule has 0 unspecified atom stereocenters. The number of urea groups is 1. The maximum atomic E-state index is 12.2. The lowest BCUT2D eigenvalue weighted by Crippen LogP contribution is -2.48. The van der Waals surface area contributed by atoms with E-state index in [2.05, 4.69) is 27.8 Å². The van der Waals surface area contributed by atoms with Crippen LogP contribution in [0.3, 0.4) is 0 Å². The molecule has 2 heterocycles. The highest BCUT2D eigenvalue weighted by Gasteiger charge is 2.28. The summed E-state index contributed by atoms with van der Waals surface area (Å²) in [6.45, 7) is 4.00. The Labute approximate surface area is 134 Å². The third kappa shape index (κ3) is 4.94. The highest BCUT2D eigenvalue weighted by Crippen LogP contribution is 2.19. The van der Waals surface area contributed by atoms with Gasteiger partial charge in [-0.25, -0.2) is 4.79 Å². The van der Waals surface area contributed by atoms with Gasteiger partial charge in [0.1, 0.15) is 5.51 Å². The predicted molar refractivity (Wildman–Crippen MR) is 85.8 cm³/mol. The van der Waals surface area contributed by atoms with E-state index in [0.717, 1.165) is 32.1 Å². The number of nitrogens with zero attached hydrogens (tertiary/aromatic N) is 3. The van der Waals surface area contributed by atoms with E-state index in [9.17, 15) is 9.59 Å². The number of hydrogen-bond acceptors (Lipinski definition) is 5. The average Bonchev–Trinajstić information content (AvgIpc) is 3.04. The first-order valence-electron chi connectivity index (χ1n) is 7.80. The van der Waals surface area contributed by atoms with Crippen molar-refractivity contribution in [2.45, 2.75) is 39.0 Å². The van der Waals surface area contributed by atoms with Crippen LogP contribution in [-0.4, -0.2) is 46.7 Å². The molecule has 1 atom stereocenters. The fourth-order valence-electron chi connectivity index (χ4n) is 2.49. The standard InChI is InChI=1S/C14H23N5O2S/c1-2-3-4-7-15-14(21)19-8-5-6-11(9-19)12(20)17-13-18-16-10-22-13/h10-11H,2-9H2,1H3,(H,15,21)(H,17,18,20)/t11-/m0/s1. The molecule has 1 aliphatic heterocycles. The van der Waals surface area contributed by atoms with Crippen LogP contribution in [0.5, 0.6) is 0 Å². The highest BCUT2D eigenvalue weighted by molar-refractivity contribution is 7.13. The summed E-state index contributed by atoms with van der Waals surface area (Å²) in [5.74, 6) is -0.265. The van der Waals surface area contributed by atoms with Crippen molar-refractivity contribution < 1.29 is 9.59 Å². The summed E-state index contributed by atoms with van der Waals surface area (Å²) < 4.78 is 0. The van der Waals surface area contributed by atoms with Gasteiger partial charge in [0, 0.05) is 19.6 Å². The van der Waals surface area contributed by atoms with Crippen LogP contribution in [0.2, 0.25) is 0 Å². The number of amides is 3. The topological polar surface area (TPSA) is 87.2 Å². The summed E-state index contributed by atoms with van der Waals surface area (Å²) in [6.07, 6.45) is 4.89. The maximum Gasteiger partial charge on any atom is 0.317 e. The summed E-state index contributed by atoms with van der Waals surface area (Å²) in [5.41, 5.74) is 1.58. The molecule has 7 nitrogen and oxygen atoms in total. The van der Waals surface area contributed by atoms with Crippen molar-refractivity contribution in [3.8, 4) is 0 Å². The van der Waals surface area contributed by atoms with Gasteiger partial charge in [-0.2, -0.15) is 0 Å². The smallest absolute Gasteiger partial charge is 0.317 e. The van der Waals surface area contributed by atoms with E-state index in [4.69, 9.17) is 0 Å². The number of piperidine rings is 1. The molecule has 0 aromatic carbocycles. The first-order valence-corrected chi connectivity index (χ1v) is 8.68. The monoisotopic (exact) mass is 325 g/mol. The van der Waals surface area contributed by atoms with Gasteiger partial charge in [-0.1, -0.05) is 31.1 Å². The van der Waals surface area contributed by atoms with E-state index in [0.29, 0.717) is 24.8 Å². The molecule has 1 saturated heterocycles. The molecule has 122 valence electrons. The minimum absolute atomic E-state index is 0.0653. The van der Waals surface area contributed by atoms with Crippen LogP contribution in [-0.2, 0) is 4.79 Å². The minimum Gasteiger partial charge on any atom is -0.338 e. The van der Waals surface area contributed by atoms with Crippen molar-refractivity contribution >= 4 is 28.4 Å². The van der Waals surface area contributed by atoms with Crippen molar-refractivity contribution in [3.63, 3.8) is 0 Å². The molecule has 3 amide bonds. The third-order valence-corrected chi connectivity index (χ3v) is 4.33. The Kier molecular flexibility index (Phi) is 6.57. The number of aromatic nitrogens is 2. The predicted octanol–water partition coefficient (Wildman–Crippen LogP) is 2.09. The number of carbonyl (C=O) groups is 2. The molecular weight excluding hydrogens is 302 g/mol. The van der Waals surface area contributed by atoms with Crippen LogP contribution in [0.15, 0.2) is 5.51 Å². The molecule has 0 bridgehead atoms. The number of nitrogens with one attached hydrogen (secondary N) is 2. The fourth-order valence-corrected chi connectivity index (χ4v) is 2.94. The Morgan fingerprint density at radius 1 is 1.45 bits per heavy atom. The van der Waals surface area contributed by atoms with Crippen LogP contribution >= 0.6 is 11.3 Å². The number of unbranched alkanes of at least 4 members (excludes halogenated alkanes) is 2. The van der Waals surface area contributed by atoms with Crippen LogP contribution in [0.25, 0.3) is 0 Å². The van der Waals surface area contributed by atoms with Gasteiger partial charge in [0.25, 0.3) is 0 Å². The molecule has 1 aromatic rings. The highest BCUT2D eigenvalue weighted by atomic mass is 32.1. The summed E-state index contributed by atoms with van der Waals surface area (Å²) in [5, 5.41) is 13.7. The Morgan fingerprint density at radius 2 is 2.32 bits per heavy atom. The lowest BCUT2D eigenvalue weighted by Gasteiger charge is -2.31. The Bertz CT molecular complexity index is 480. The Balaban J connectivity index is 1.78. The van der Waals surface area contributed by atoms with E-state index in [1.807, 2.05) is 0 Å². The SMILES string of the molecule is CCCCCNC(=O)N1CCC[C@H](C(=O)Nc2nncs2)C1. The lowest BCUT2D eigenvalue weighted by molar-refractivity contribution is -0.121. The normalized spacial score (nSPS) is 18.0. The maximum absolute atomic E-state index is 12.2. The van der Waals surface area contributed by atoms with Gasteiger partial charge in [0.15, 0.2) is 0 Å². The molecule has 0 radical (unpaired) electrons. The van der Waals surface area contributed by atoms with Crippen molar-refractivity contribution in [3.05, 3.63) is 5.51 Å². The summed E-state index contributed by atoms with van der Waals surface area (Å²) >= 11 is 1.29. The molecule has 2 N–H and O–H groups in total. The van der Waals surface area contributed by atoms with Crippen LogP contribution in [0.4, 0.5) is 9.93 Å². The molecule has 22 heavy (non-hydrogen) atoms. The van der Waals surface area contributed by atoms with Gasteiger partial charge >= 0.3 is 6.03 Å². The van der Waals surface area contributed by atoms with Crippen LogP contribution < -0.4 is 10.6 Å². The van der Waals surface area contributed by atoms with Gasteiger partial charge < -0.3 is 15.5 Å². The number of likely N-dealkylation sites (tertiary alicyclic amines) is 1. The quantitative estimate of drug-likeness (QED) is 0.784. The van der Waals surface area contributed by atoms with Crippen molar-refractivity contribution in [2.24, 2.45) is 5.92 Å². The number of carbonyl (C=O) groups excluding carboxylic acids is 2. The molecule has 1 aliphatic rings. The van der Waals surface area contributed by atoms with Gasteiger partial charge in [-0.3, -0.25) is 4.79 Å². The Morgan fingerprint density at radius 3 is 3.05 bits per heavy atom. The van der Waals surface area contributed by atoms with Gasteiger partial charge in [-0.05, 0) is 19.3 Å². The summed E-state index contributed by atoms with van der Waals surface area (Å²) in [6, 6.07) is -0.0653. The van der Waals surface area contributed by atoms with Crippen molar-refractivity contribution in [1.29, 1.82) is 0 Å². The molecule has 0 aliphatic carbocycles. The van der Waals surface area contributed by atoms with Gasteiger partial charge in [0.2, 0.25) is 11.0 Å². The van der Waals surface area contributed by atoms with Gasteiger partial charge in [0.05, 0.1) is 5.92 Å². The third-order valence-electron chi connectivity index (χ3n) is 3.73. The first kappa shape index (κ1) is 16.7. The van der Waals surface area contributed by atoms with Crippen LogP contribution in [0, 0.1) is 5.92 Å². The van der Waals surface area contributed by atoms with Crippen molar-refractivity contribution in [1.82, 2.24) is 20.4 Å². The van der Waals surface area contributed by atoms with E-state index in [1.54, 1.807) is 10.4 Å². The number of hydrogen-bond donors (Lipinski definition) is 2. The summed E-state index contributed by atoms with van der Waals surface area (Å²) in [7, 11) is 0. The number of anilines is 1. The van der Waals surface area contributed by atoms with Crippen molar-refractivity contribution in [2.75, 3.05) is 25.0 Å². The fraction of sp³-hybridized carbons (Fsp3) is 0.714. The second-order valence-electron chi connectivity index (χ2n) is 5.46. The Hall–Kier alpha value is -1.70. The van der Waals surface area contributed by atoms with Gasteiger partial charge in [-0.15, -0.1) is 10.2 Å². The molecule has 0 saturated carbocycles. The zero-order valence-electron chi connectivity index (χ0n) is 12.9. The van der Waals surface area contributed by atoms with E-state index in [-0.39, 0.29) is 17.9 Å². The summed E-state index contributed by atoms with van der Waals surface area (Å²) in [4.78, 5) is 26.0. The molecule has 1 aromatic heterocycles. The number of rotatable bonds is 6. The zero-order chi connectivity index (χ0) is 15.8. The molecule has 8 heteroatoms. The zero-order valence-corrected chi connectivity index (χ0v) is 13.7. The van der Waals surface area contributed by atoms with Crippen LogP contribution in [0.1, 0.15) is 39.0 Å². The lowest BCUT2D eigenvalue weighted by atomic mass is 9.97. The molecule has 0 spiro atoms. The minimum atomic E-state index is -0.181. The first-order chi connectivity index (χ1) is 10.7. The molecule has 1 fully saturated rings. The average molecular weight is 325 g/mol. The van der Waals surface area contributed by atoms with E-state index < -0.39 is 0 Å². The molecule has 2 rings (SSSR count). The van der Waals surface area contributed by atoms with E-state index >= 15 is 0 Å².